The van der Waals surface area contributed by atoms with Crippen molar-refractivity contribution in [3.63, 3.8) is 0 Å². The Balaban J connectivity index is 1.68. The van der Waals surface area contributed by atoms with Gasteiger partial charge in [0.15, 0.2) is 0 Å². The summed E-state index contributed by atoms with van der Waals surface area (Å²) in [5.74, 6) is -2.31. The number of likely N-dealkylation sites (tertiary alicyclic amines) is 1. The van der Waals surface area contributed by atoms with Gasteiger partial charge in [-0.1, -0.05) is 41.9 Å². The number of amides is 3. The molecule has 31 heavy (non-hydrogen) atoms. The fourth-order valence-electron chi connectivity index (χ4n) is 5.48. The highest BCUT2D eigenvalue weighted by Crippen LogP contribution is 2.54. The van der Waals surface area contributed by atoms with Gasteiger partial charge in [-0.3, -0.25) is 24.6 Å². The van der Waals surface area contributed by atoms with E-state index in [1.54, 1.807) is 18.2 Å². The van der Waals surface area contributed by atoms with Crippen molar-refractivity contribution < 1.29 is 14.4 Å². The average Bonchev–Trinajstić information content (AvgIpc) is 3.27. The summed E-state index contributed by atoms with van der Waals surface area (Å²) in [7, 11) is 0. The molecule has 2 fully saturated rings. The van der Waals surface area contributed by atoms with Crippen molar-refractivity contribution in [2.75, 3.05) is 5.32 Å². The van der Waals surface area contributed by atoms with Gasteiger partial charge in [0.2, 0.25) is 17.7 Å². The van der Waals surface area contributed by atoms with Crippen molar-refractivity contribution in [1.82, 2.24) is 10.2 Å². The Morgan fingerprint density at radius 1 is 1.03 bits per heavy atom. The van der Waals surface area contributed by atoms with E-state index in [1.165, 1.54) is 4.90 Å². The van der Waals surface area contributed by atoms with Gasteiger partial charge in [-0.25, -0.2) is 0 Å². The van der Waals surface area contributed by atoms with Crippen molar-refractivity contribution in [3.05, 3.63) is 64.7 Å². The lowest BCUT2D eigenvalue weighted by molar-refractivity contribution is -0.147. The molecule has 2 aromatic rings. The second-order valence-corrected chi connectivity index (χ2v) is 10.0. The highest BCUT2D eigenvalue weighted by Gasteiger charge is 2.71. The zero-order valence-corrected chi connectivity index (χ0v) is 18.4. The molecule has 0 aromatic heterocycles. The molecule has 3 aliphatic heterocycles. The van der Waals surface area contributed by atoms with Crippen LogP contribution in [0.1, 0.15) is 31.9 Å². The number of anilines is 1. The Kier molecular flexibility index (Phi) is 4.33. The molecule has 0 unspecified atom stereocenters. The van der Waals surface area contributed by atoms with Gasteiger partial charge < -0.3 is 5.32 Å². The normalized spacial score (nSPS) is 29.5. The third-order valence-corrected chi connectivity index (χ3v) is 6.88. The summed E-state index contributed by atoms with van der Waals surface area (Å²) in [6.45, 7) is 5.53. The second kappa shape index (κ2) is 6.65. The highest BCUT2D eigenvalue weighted by molar-refractivity contribution is 6.31. The maximum atomic E-state index is 13.7. The molecule has 7 heteroatoms. The van der Waals surface area contributed by atoms with Crippen molar-refractivity contribution in [2.45, 2.75) is 44.3 Å². The minimum Gasteiger partial charge on any atom is -0.324 e. The lowest BCUT2D eigenvalue weighted by Crippen LogP contribution is -2.56. The van der Waals surface area contributed by atoms with E-state index in [1.807, 2.05) is 51.1 Å². The van der Waals surface area contributed by atoms with E-state index in [0.29, 0.717) is 22.7 Å². The molecule has 0 saturated carbocycles. The molecule has 6 nitrogen and oxygen atoms in total. The van der Waals surface area contributed by atoms with Crippen LogP contribution in [0.15, 0.2) is 48.5 Å². The Morgan fingerprint density at radius 2 is 1.74 bits per heavy atom. The van der Waals surface area contributed by atoms with Gasteiger partial charge in [0, 0.05) is 27.9 Å². The largest absolute Gasteiger partial charge is 0.324 e. The van der Waals surface area contributed by atoms with Crippen molar-refractivity contribution in [2.24, 2.45) is 11.8 Å². The molecule has 5 rings (SSSR count). The fraction of sp³-hybridized carbons (Fsp3) is 0.375. The molecule has 2 saturated heterocycles. The first kappa shape index (κ1) is 20.2. The number of benzene rings is 2. The third-order valence-electron chi connectivity index (χ3n) is 6.65. The number of imide groups is 1. The number of hydrogen-bond acceptors (Lipinski definition) is 4. The van der Waals surface area contributed by atoms with Gasteiger partial charge in [-0.05, 0) is 51.0 Å². The summed E-state index contributed by atoms with van der Waals surface area (Å²) < 4.78 is 0. The lowest BCUT2D eigenvalue weighted by atomic mass is 9.76. The first-order valence-electron chi connectivity index (χ1n) is 10.5. The van der Waals surface area contributed by atoms with Gasteiger partial charge in [-0.2, -0.15) is 0 Å². The molecule has 3 heterocycles. The number of fused-ring (bicyclic) bond motifs is 4. The van der Waals surface area contributed by atoms with Crippen molar-refractivity contribution in [1.29, 1.82) is 0 Å². The summed E-state index contributed by atoms with van der Waals surface area (Å²) >= 11 is 6.28. The molecular weight excluding hydrogens is 414 g/mol. The van der Waals surface area contributed by atoms with E-state index in [2.05, 4.69) is 10.6 Å². The summed E-state index contributed by atoms with van der Waals surface area (Å²) in [6.07, 6.45) is 0.532. The number of carbonyl (C=O) groups is 3. The zero-order chi connectivity index (χ0) is 22.1. The van der Waals surface area contributed by atoms with Gasteiger partial charge >= 0.3 is 0 Å². The van der Waals surface area contributed by atoms with E-state index in [9.17, 15) is 14.4 Å². The van der Waals surface area contributed by atoms with E-state index < -0.39 is 22.9 Å². The Labute approximate surface area is 185 Å². The summed E-state index contributed by atoms with van der Waals surface area (Å²) in [5.41, 5.74) is 0.290. The Hall–Kier alpha value is -2.70. The van der Waals surface area contributed by atoms with E-state index in [4.69, 9.17) is 11.6 Å². The Bertz CT molecular complexity index is 1110. The maximum Gasteiger partial charge on any atom is 0.250 e. The fourth-order valence-corrected chi connectivity index (χ4v) is 5.65. The van der Waals surface area contributed by atoms with Crippen LogP contribution in [0.2, 0.25) is 5.02 Å². The first-order chi connectivity index (χ1) is 14.6. The molecule has 0 bridgehead atoms. The summed E-state index contributed by atoms with van der Waals surface area (Å²) in [6, 6.07) is 14.6. The summed E-state index contributed by atoms with van der Waals surface area (Å²) in [4.78, 5) is 42.0. The molecular formula is C24H24ClN3O3. The van der Waals surface area contributed by atoms with Gasteiger partial charge in [0.05, 0.1) is 11.8 Å². The molecule has 0 aliphatic carbocycles. The van der Waals surface area contributed by atoms with Crippen LogP contribution in [-0.2, 0) is 26.3 Å². The molecule has 3 amide bonds. The lowest BCUT2D eigenvalue weighted by Gasteiger charge is -2.34. The smallest absolute Gasteiger partial charge is 0.250 e. The average molecular weight is 438 g/mol. The minimum atomic E-state index is -1.32. The molecule has 160 valence electrons. The van der Waals surface area contributed by atoms with Crippen molar-refractivity contribution in [3.8, 4) is 0 Å². The number of nitrogens with zero attached hydrogens (tertiary/aromatic N) is 1. The van der Waals surface area contributed by atoms with Gasteiger partial charge in [-0.15, -0.1) is 0 Å². The van der Waals surface area contributed by atoms with Crippen LogP contribution in [0.4, 0.5) is 5.69 Å². The van der Waals surface area contributed by atoms with Gasteiger partial charge in [0.25, 0.3) is 0 Å². The Morgan fingerprint density at radius 3 is 2.42 bits per heavy atom. The monoisotopic (exact) mass is 437 g/mol. The maximum absolute atomic E-state index is 13.7. The van der Waals surface area contributed by atoms with Crippen LogP contribution in [-0.4, -0.2) is 34.2 Å². The van der Waals surface area contributed by atoms with E-state index >= 15 is 0 Å². The number of hydrogen-bond donors (Lipinski definition) is 2. The minimum absolute atomic E-state index is 0.226. The van der Waals surface area contributed by atoms with Crippen LogP contribution >= 0.6 is 11.6 Å². The molecule has 2 N–H and O–H groups in total. The van der Waals surface area contributed by atoms with E-state index in [-0.39, 0.29) is 23.8 Å². The number of nitrogens with one attached hydrogen (secondary N) is 2. The zero-order valence-electron chi connectivity index (χ0n) is 17.6. The third kappa shape index (κ3) is 2.78. The molecule has 3 aliphatic rings. The molecule has 2 aromatic carbocycles. The van der Waals surface area contributed by atoms with Crippen LogP contribution in [0, 0.1) is 11.8 Å². The SMILES string of the molecule is CC(C)(C)N1C(=O)[C@H]2[C@@H](C1=O)[C@@]1(N[C@@H]2Cc2ccccc2)C(=O)Nc2ccc(Cl)cc21. The van der Waals surface area contributed by atoms with Crippen LogP contribution in [0.3, 0.4) is 0 Å². The highest BCUT2D eigenvalue weighted by atomic mass is 35.5. The predicted molar refractivity (Wildman–Crippen MR) is 117 cm³/mol. The molecule has 4 atom stereocenters. The number of carbonyl (C=O) groups excluding carboxylic acids is 3. The number of rotatable bonds is 2. The standard InChI is InChI=1S/C24H24ClN3O3/c1-23(2,3)28-20(29)18-17(11-13-7-5-4-6-8-13)27-24(19(18)21(28)30)15-12-14(25)9-10-16(15)26-22(24)31/h4-10,12,17-19,27H,11H2,1-3H3,(H,26,31)/t17-,18-,19+,24-/m1/s1. The van der Waals surface area contributed by atoms with Crippen LogP contribution in [0.5, 0.6) is 0 Å². The molecule has 0 radical (unpaired) electrons. The van der Waals surface area contributed by atoms with Gasteiger partial charge in [0.1, 0.15) is 5.54 Å². The quantitative estimate of drug-likeness (QED) is 0.707. The van der Waals surface area contributed by atoms with Crippen LogP contribution in [0.25, 0.3) is 0 Å². The topological polar surface area (TPSA) is 78.5 Å². The number of halogens is 1. The van der Waals surface area contributed by atoms with E-state index in [0.717, 1.165) is 5.56 Å². The van der Waals surface area contributed by atoms with Crippen LogP contribution < -0.4 is 10.6 Å². The summed E-state index contributed by atoms with van der Waals surface area (Å²) in [5, 5.41) is 6.82. The first-order valence-corrected chi connectivity index (χ1v) is 10.8. The molecule has 1 spiro atoms. The van der Waals surface area contributed by atoms with Crippen molar-refractivity contribution >= 4 is 35.0 Å². The predicted octanol–water partition coefficient (Wildman–Crippen LogP) is 3.10. The second-order valence-electron chi connectivity index (χ2n) is 9.58.